The number of ketones is 1. The Hall–Kier alpha value is -2.10. The van der Waals surface area contributed by atoms with Crippen LogP contribution in [0.1, 0.15) is 45.6 Å². The molecule has 1 amide bonds. The second-order valence-electron chi connectivity index (χ2n) is 6.23. The van der Waals surface area contributed by atoms with E-state index in [1.807, 2.05) is 63.3 Å². The monoisotopic (exact) mass is 303 g/mol. The minimum absolute atomic E-state index is 0.0270. The van der Waals surface area contributed by atoms with Gasteiger partial charge in [0.1, 0.15) is 11.4 Å². The molecule has 0 aromatic heterocycles. The molecule has 1 rings (SSSR count). The minimum atomic E-state index is -0.505. The highest BCUT2D eigenvalue weighted by Crippen LogP contribution is 2.21. The van der Waals surface area contributed by atoms with Gasteiger partial charge in [0.05, 0.1) is 0 Å². The van der Waals surface area contributed by atoms with Crippen molar-refractivity contribution in [1.29, 1.82) is 0 Å². The normalized spacial score (nSPS) is 12.9. The summed E-state index contributed by atoms with van der Waals surface area (Å²) in [6.07, 6.45) is 3.81. The lowest BCUT2D eigenvalue weighted by Gasteiger charge is -2.19. The number of carbonyl (C=O) groups excluding carboxylic acids is 2. The van der Waals surface area contributed by atoms with E-state index in [2.05, 4.69) is 5.32 Å². The SMILES string of the molecule is CC(=O)CC(/C=C/CNC(=O)OC(C)(C)C)c1ccccc1. The van der Waals surface area contributed by atoms with E-state index in [-0.39, 0.29) is 11.7 Å². The zero-order valence-electron chi connectivity index (χ0n) is 13.8. The summed E-state index contributed by atoms with van der Waals surface area (Å²) in [6.45, 7) is 7.42. The summed E-state index contributed by atoms with van der Waals surface area (Å²) >= 11 is 0. The van der Waals surface area contributed by atoms with Gasteiger partial charge in [-0.3, -0.25) is 4.79 Å². The highest BCUT2D eigenvalue weighted by molar-refractivity contribution is 5.76. The molecular formula is C18H25NO3. The maximum Gasteiger partial charge on any atom is 0.407 e. The van der Waals surface area contributed by atoms with Crippen molar-refractivity contribution in [2.75, 3.05) is 6.54 Å². The molecule has 0 saturated carbocycles. The minimum Gasteiger partial charge on any atom is -0.444 e. The lowest BCUT2D eigenvalue weighted by molar-refractivity contribution is -0.117. The maximum atomic E-state index is 11.5. The van der Waals surface area contributed by atoms with Gasteiger partial charge >= 0.3 is 6.09 Å². The van der Waals surface area contributed by atoms with Gasteiger partial charge in [-0.25, -0.2) is 4.79 Å². The van der Waals surface area contributed by atoms with Crippen LogP contribution >= 0.6 is 0 Å². The molecule has 0 aliphatic heterocycles. The number of carbonyl (C=O) groups is 2. The number of allylic oxidation sites excluding steroid dienone is 1. The number of hydrogen-bond acceptors (Lipinski definition) is 3. The molecule has 1 aromatic carbocycles. The van der Waals surface area contributed by atoms with Crippen molar-refractivity contribution in [2.24, 2.45) is 0 Å². The Morgan fingerprint density at radius 2 is 1.86 bits per heavy atom. The number of amides is 1. The van der Waals surface area contributed by atoms with Crippen molar-refractivity contribution in [2.45, 2.75) is 45.6 Å². The van der Waals surface area contributed by atoms with Crippen molar-refractivity contribution in [3.63, 3.8) is 0 Å². The molecule has 0 heterocycles. The molecule has 1 aromatic rings. The van der Waals surface area contributed by atoms with Crippen LogP contribution in [0.5, 0.6) is 0 Å². The number of nitrogens with one attached hydrogen (secondary N) is 1. The lowest BCUT2D eigenvalue weighted by atomic mass is 9.93. The average Bonchev–Trinajstić information content (AvgIpc) is 2.41. The Labute approximate surface area is 132 Å². The van der Waals surface area contributed by atoms with Gasteiger partial charge in [-0.15, -0.1) is 0 Å². The molecule has 0 saturated heterocycles. The summed E-state index contributed by atoms with van der Waals surface area (Å²) in [4.78, 5) is 22.9. The van der Waals surface area contributed by atoms with E-state index in [4.69, 9.17) is 4.74 Å². The van der Waals surface area contributed by atoms with Gasteiger partial charge in [0.2, 0.25) is 0 Å². The van der Waals surface area contributed by atoms with E-state index in [1.54, 1.807) is 6.92 Å². The maximum absolute atomic E-state index is 11.5. The molecule has 0 bridgehead atoms. The topological polar surface area (TPSA) is 55.4 Å². The fourth-order valence-corrected chi connectivity index (χ4v) is 2.00. The highest BCUT2D eigenvalue weighted by atomic mass is 16.6. The van der Waals surface area contributed by atoms with E-state index in [0.717, 1.165) is 5.56 Å². The second kappa shape index (κ2) is 8.37. The molecule has 4 nitrogen and oxygen atoms in total. The number of rotatable bonds is 6. The number of ether oxygens (including phenoxy) is 1. The van der Waals surface area contributed by atoms with Crippen molar-refractivity contribution in [1.82, 2.24) is 5.32 Å². The first-order valence-electron chi connectivity index (χ1n) is 7.46. The summed E-state index contributed by atoms with van der Waals surface area (Å²) in [5.41, 5.74) is 0.584. The van der Waals surface area contributed by atoms with Crippen LogP contribution in [-0.4, -0.2) is 24.0 Å². The van der Waals surface area contributed by atoms with Crippen LogP contribution < -0.4 is 5.32 Å². The largest absolute Gasteiger partial charge is 0.444 e. The Bertz CT molecular complexity index is 515. The summed E-state index contributed by atoms with van der Waals surface area (Å²) in [6, 6.07) is 9.85. The molecule has 1 atom stereocenters. The van der Waals surface area contributed by atoms with E-state index in [9.17, 15) is 9.59 Å². The van der Waals surface area contributed by atoms with Crippen LogP contribution in [0.4, 0.5) is 4.79 Å². The summed E-state index contributed by atoms with van der Waals surface area (Å²) in [5, 5.41) is 2.67. The standard InChI is InChI=1S/C18H25NO3/c1-14(20)13-16(15-9-6-5-7-10-15)11-8-12-19-17(21)22-18(2,3)4/h5-11,16H,12-13H2,1-4H3,(H,19,21)/b11-8+. The summed E-state index contributed by atoms with van der Waals surface area (Å²) < 4.78 is 5.16. The first-order valence-corrected chi connectivity index (χ1v) is 7.46. The lowest BCUT2D eigenvalue weighted by Crippen LogP contribution is -2.32. The van der Waals surface area contributed by atoms with Crippen molar-refractivity contribution >= 4 is 11.9 Å². The van der Waals surface area contributed by atoms with E-state index < -0.39 is 11.7 Å². The Balaban J connectivity index is 2.56. The van der Waals surface area contributed by atoms with Crippen LogP contribution in [0.15, 0.2) is 42.5 Å². The molecule has 0 aliphatic carbocycles. The second-order valence-corrected chi connectivity index (χ2v) is 6.23. The quantitative estimate of drug-likeness (QED) is 0.813. The van der Waals surface area contributed by atoms with E-state index in [1.165, 1.54) is 0 Å². The van der Waals surface area contributed by atoms with Gasteiger partial charge in [-0.2, -0.15) is 0 Å². The van der Waals surface area contributed by atoms with Gasteiger partial charge in [-0.05, 0) is 33.3 Å². The first kappa shape index (κ1) is 18.0. The highest BCUT2D eigenvalue weighted by Gasteiger charge is 2.15. The van der Waals surface area contributed by atoms with Gasteiger partial charge < -0.3 is 10.1 Å². The van der Waals surface area contributed by atoms with Gasteiger partial charge in [0, 0.05) is 18.9 Å². The number of alkyl carbamates (subject to hydrolysis) is 1. The third-order valence-electron chi connectivity index (χ3n) is 2.87. The van der Waals surface area contributed by atoms with Crippen LogP contribution in [0, 0.1) is 0 Å². The van der Waals surface area contributed by atoms with Crippen LogP contribution in [0.3, 0.4) is 0 Å². The number of hydrogen-bond donors (Lipinski definition) is 1. The van der Waals surface area contributed by atoms with E-state index >= 15 is 0 Å². The molecule has 22 heavy (non-hydrogen) atoms. The zero-order valence-corrected chi connectivity index (χ0v) is 13.8. The smallest absolute Gasteiger partial charge is 0.407 e. The fourth-order valence-electron chi connectivity index (χ4n) is 2.00. The molecule has 120 valence electrons. The van der Waals surface area contributed by atoms with Gasteiger partial charge in [-0.1, -0.05) is 42.5 Å². The molecular weight excluding hydrogens is 278 g/mol. The van der Waals surface area contributed by atoms with Crippen LogP contribution in [0.2, 0.25) is 0 Å². The Morgan fingerprint density at radius 1 is 1.23 bits per heavy atom. The summed E-state index contributed by atoms with van der Waals surface area (Å²) in [5.74, 6) is 0.165. The third-order valence-corrected chi connectivity index (χ3v) is 2.87. The van der Waals surface area contributed by atoms with E-state index in [0.29, 0.717) is 13.0 Å². The Kier molecular flexibility index (Phi) is 6.83. The first-order chi connectivity index (χ1) is 10.3. The molecule has 0 spiro atoms. The van der Waals surface area contributed by atoms with Crippen LogP contribution in [0.25, 0.3) is 0 Å². The third kappa shape index (κ3) is 7.62. The molecule has 0 radical (unpaired) electrons. The van der Waals surface area contributed by atoms with Crippen LogP contribution in [-0.2, 0) is 9.53 Å². The number of Topliss-reactive ketones (excluding diaryl/α,β-unsaturated/α-hetero) is 1. The predicted molar refractivity (Wildman–Crippen MR) is 87.9 cm³/mol. The summed E-state index contributed by atoms with van der Waals surface area (Å²) in [7, 11) is 0. The van der Waals surface area contributed by atoms with Crippen molar-refractivity contribution in [3.8, 4) is 0 Å². The number of benzene rings is 1. The molecule has 1 unspecified atom stereocenters. The van der Waals surface area contributed by atoms with Gasteiger partial charge in [0.15, 0.2) is 0 Å². The molecule has 1 N–H and O–H groups in total. The van der Waals surface area contributed by atoms with Gasteiger partial charge in [0.25, 0.3) is 0 Å². The zero-order chi connectivity index (χ0) is 16.6. The van der Waals surface area contributed by atoms with Crippen molar-refractivity contribution in [3.05, 3.63) is 48.0 Å². The van der Waals surface area contributed by atoms with Crippen molar-refractivity contribution < 1.29 is 14.3 Å². The molecule has 0 fully saturated rings. The fraction of sp³-hybridized carbons (Fsp3) is 0.444. The average molecular weight is 303 g/mol. The molecule has 4 heteroatoms. The predicted octanol–water partition coefficient (Wildman–Crippen LogP) is 3.83. The molecule has 0 aliphatic rings. The Morgan fingerprint density at radius 3 is 2.41 bits per heavy atom.